The van der Waals surface area contributed by atoms with E-state index in [4.69, 9.17) is 9.47 Å². The Kier molecular flexibility index (Phi) is 3.66. The van der Waals surface area contributed by atoms with Crippen LogP contribution in [-0.2, 0) is 14.3 Å². The first-order chi connectivity index (χ1) is 6.25. The van der Waals surface area contributed by atoms with E-state index in [1.165, 1.54) is 0 Å². The minimum Gasteiger partial charge on any atom is -0.464 e. The van der Waals surface area contributed by atoms with Gasteiger partial charge in [0, 0.05) is 6.61 Å². The maximum absolute atomic E-state index is 12.7. The highest BCUT2D eigenvalue weighted by atomic mass is 19.1. The van der Waals surface area contributed by atoms with Crippen molar-refractivity contribution in [3.05, 3.63) is 0 Å². The number of ether oxygens (including phenoxy) is 2. The van der Waals surface area contributed by atoms with Gasteiger partial charge in [-0.15, -0.1) is 0 Å². The predicted octanol–water partition coefficient (Wildman–Crippen LogP) is 1.46. The lowest BCUT2D eigenvalue weighted by Gasteiger charge is -2.32. The molecule has 1 aliphatic rings. The van der Waals surface area contributed by atoms with Gasteiger partial charge in [-0.1, -0.05) is 0 Å². The Bertz CT molecular complexity index is 176. The molecule has 0 saturated carbocycles. The lowest BCUT2D eigenvalue weighted by atomic mass is 9.95. The fraction of sp³-hybridized carbons (Fsp3) is 0.889. The quantitative estimate of drug-likeness (QED) is 0.632. The summed E-state index contributed by atoms with van der Waals surface area (Å²) in [6, 6.07) is 0. The van der Waals surface area contributed by atoms with E-state index in [-0.39, 0.29) is 6.61 Å². The summed E-state index contributed by atoms with van der Waals surface area (Å²) in [6.07, 6.45) is 2.15. The third kappa shape index (κ3) is 2.18. The summed E-state index contributed by atoms with van der Waals surface area (Å²) in [6.45, 7) is 1.63. The zero-order valence-corrected chi connectivity index (χ0v) is 7.85. The summed E-state index contributed by atoms with van der Waals surface area (Å²) in [5, 5.41) is 0. The maximum atomic E-state index is 12.7. The van der Waals surface area contributed by atoms with Crippen molar-refractivity contribution in [1.29, 1.82) is 0 Å². The number of carbonyl (C=O) groups is 1. The molecule has 1 fully saturated rings. The van der Waals surface area contributed by atoms with Gasteiger partial charge in [0.1, 0.15) is 6.67 Å². The van der Waals surface area contributed by atoms with Crippen LogP contribution in [0.2, 0.25) is 0 Å². The van der Waals surface area contributed by atoms with Crippen LogP contribution in [0.4, 0.5) is 4.39 Å². The second kappa shape index (κ2) is 4.56. The largest absolute Gasteiger partial charge is 0.464 e. The van der Waals surface area contributed by atoms with Crippen LogP contribution < -0.4 is 0 Å². The first-order valence-electron chi connectivity index (χ1n) is 4.62. The molecule has 0 amide bonds. The molecule has 76 valence electrons. The molecular formula is C9H15FO3. The fourth-order valence-electron chi connectivity index (χ4n) is 1.44. The van der Waals surface area contributed by atoms with Crippen molar-refractivity contribution in [2.75, 3.05) is 19.9 Å². The van der Waals surface area contributed by atoms with E-state index in [1.807, 2.05) is 0 Å². The molecule has 3 nitrogen and oxygen atoms in total. The second-order valence-electron chi connectivity index (χ2n) is 3.15. The number of esters is 1. The molecule has 0 radical (unpaired) electrons. The molecule has 1 saturated heterocycles. The van der Waals surface area contributed by atoms with Crippen LogP contribution in [-0.4, -0.2) is 31.5 Å². The summed E-state index contributed by atoms with van der Waals surface area (Å²) >= 11 is 0. The van der Waals surface area contributed by atoms with Crippen molar-refractivity contribution in [2.45, 2.75) is 31.8 Å². The highest BCUT2D eigenvalue weighted by molar-refractivity contribution is 5.79. The number of alkyl halides is 1. The maximum Gasteiger partial charge on any atom is 0.341 e. The molecule has 1 aliphatic heterocycles. The first-order valence-corrected chi connectivity index (χ1v) is 4.62. The lowest BCUT2D eigenvalue weighted by Crippen LogP contribution is -2.47. The minimum absolute atomic E-state index is 0.268. The fourth-order valence-corrected chi connectivity index (χ4v) is 1.44. The summed E-state index contributed by atoms with van der Waals surface area (Å²) < 4.78 is 22.6. The van der Waals surface area contributed by atoms with E-state index < -0.39 is 18.2 Å². The SMILES string of the molecule is CCOC(=O)C1(CF)CCCCO1. The Labute approximate surface area is 77.2 Å². The van der Waals surface area contributed by atoms with Gasteiger partial charge >= 0.3 is 5.97 Å². The van der Waals surface area contributed by atoms with Crippen LogP contribution in [0.3, 0.4) is 0 Å². The number of halogens is 1. The number of hydrogen-bond donors (Lipinski definition) is 0. The molecule has 0 aromatic rings. The van der Waals surface area contributed by atoms with Crippen molar-refractivity contribution in [2.24, 2.45) is 0 Å². The van der Waals surface area contributed by atoms with E-state index in [9.17, 15) is 9.18 Å². The topological polar surface area (TPSA) is 35.5 Å². The highest BCUT2D eigenvalue weighted by Gasteiger charge is 2.42. The third-order valence-corrected chi connectivity index (χ3v) is 2.22. The van der Waals surface area contributed by atoms with E-state index in [2.05, 4.69) is 0 Å². The van der Waals surface area contributed by atoms with Gasteiger partial charge in [0.15, 0.2) is 5.60 Å². The molecule has 0 N–H and O–H groups in total. The van der Waals surface area contributed by atoms with Crippen LogP contribution >= 0.6 is 0 Å². The summed E-state index contributed by atoms with van der Waals surface area (Å²) in [7, 11) is 0. The zero-order chi connectivity index (χ0) is 9.73. The summed E-state index contributed by atoms with van der Waals surface area (Å²) in [4.78, 5) is 11.4. The van der Waals surface area contributed by atoms with E-state index in [0.29, 0.717) is 13.0 Å². The van der Waals surface area contributed by atoms with Gasteiger partial charge < -0.3 is 9.47 Å². The average molecular weight is 190 g/mol. The monoisotopic (exact) mass is 190 g/mol. The molecule has 1 rings (SSSR count). The molecule has 0 aromatic carbocycles. The Hall–Kier alpha value is -0.640. The van der Waals surface area contributed by atoms with Gasteiger partial charge in [-0.3, -0.25) is 0 Å². The molecule has 0 aliphatic carbocycles. The molecule has 1 heterocycles. The van der Waals surface area contributed by atoms with Crippen molar-refractivity contribution < 1.29 is 18.7 Å². The van der Waals surface area contributed by atoms with E-state index in [0.717, 1.165) is 12.8 Å². The van der Waals surface area contributed by atoms with E-state index >= 15 is 0 Å². The summed E-state index contributed by atoms with van der Waals surface area (Å²) in [5.41, 5.74) is -1.30. The van der Waals surface area contributed by atoms with Crippen LogP contribution in [0.5, 0.6) is 0 Å². The number of rotatable bonds is 3. The van der Waals surface area contributed by atoms with Gasteiger partial charge in [-0.2, -0.15) is 0 Å². The van der Waals surface area contributed by atoms with Crippen LogP contribution in [0.1, 0.15) is 26.2 Å². The molecule has 0 bridgehead atoms. The van der Waals surface area contributed by atoms with Crippen molar-refractivity contribution in [3.63, 3.8) is 0 Å². The first kappa shape index (κ1) is 10.4. The zero-order valence-electron chi connectivity index (χ0n) is 7.85. The Morgan fingerprint density at radius 1 is 1.62 bits per heavy atom. The van der Waals surface area contributed by atoms with E-state index in [1.54, 1.807) is 6.92 Å². The van der Waals surface area contributed by atoms with Crippen molar-refractivity contribution in [3.8, 4) is 0 Å². The molecule has 0 aromatic heterocycles. The second-order valence-corrected chi connectivity index (χ2v) is 3.15. The summed E-state index contributed by atoms with van der Waals surface area (Å²) in [5.74, 6) is -0.558. The number of hydrogen-bond acceptors (Lipinski definition) is 3. The third-order valence-electron chi connectivity index (χ3n) is 2.22. The van der Waals surface area contributed by atoms with Gasteiger partial charge in [-0.05, 0) is 26.2 Å². The normalized spacial score (nSPS) is 28.5. The Balaban J connectivity index is 2.61. The average Bonchev–Trinajstić information content (AvgIpc) is 2.19. The van der Waals surface area contributed by atoms with Gasteiger partial charge in [-0.25, -0.2) is 9.18 Å². The molecular weight excluding hydrogens is 175 g/mol. The van der Waals surface area contributed by atoms with Gasteiger partial charge in [0.25, 0.3) is 0 Å². The standard InChI is InChI=1S/C9H15FO3/c1-2-12-8(11)9(7-10)5-3-4-6-13-9/h2-7H2,1H3. The van der Waals surface area contributed by atoms with Gasteiger partial charge in [0.2, 0.25) is 0 Å². The molecule has 0 spiro atoms. The van der Waals surface area contributed by atoms with Crippen molar-refractivity contribution >= 4 is 5.97 Å². The molecule has 1 unspecified atom stereocenters. The Morgan fingerprint density at radius 2 is 2.38 bits per heavy atom. The molecule has 4 heteroatoms. The van der Waals surface area contributed by atoms with Crippen LogP contribution in [0.25, 0.3) is 0 Å². The minimum atomic E-state index is -1.30. The number of carbonyl (C=O) groups excluding carboxylic acids is 1. The Morgan fingerprint density at radius 3 is 2.85 bits per heavy atom. The lowest BCUT2D eigenvalue weighted by molar-refractivity contribution is -0.181. The van der Waals surface area contributed by atoms with Gasteiger partial charge in [0.05, 0.1) is 6.61 Å². The van der Waals surface area contributed by atoms with Crippen molar-refractivity contribution in [1.82, 2.24) is 0 Å². The molecule has 13 heavy (non-hydrogen) atoms. The molecule has 1 atom stereocenters. The predicted molar refractivity (Wildman–Crippen MR) is 45.1 cm³/mol. The van der Waals surface area contributed by atoms with Crippen LogP contribution in [0.15, 0.2) is 0 Å². The highest BCUT2D eigenvalue weighted by Crippen LogP contribution is 2.26. The van der Waals surface area contributed by atoms with Crippen LogP contribution in [0, 0.1) is 0 Å². The smallest absolute Gasteiger partial charge is 0.341 e.